The molecule has 2 fully saturated rings. The second-order valence-electron chi connectivity index (χ2n) is 18.8. The van der Waals surface area contributed by atoms with Crippen molar-refractivity contribution in [2.24, 2.45) is 23.7 Å². The number of hydrogen-bond donors (Lipinski definition) is 0. The van der Waals surface area contributed by atoms with Gasteiger partial charge in [0.2, 0.25) is 11.8 Å². The molecule has 6 aromatic carbocycles. The monoisotopic (exact) mass is 1010 g/mol. The summed E-state index contributed by atoms with van der Waals surface area (Å²) in [6, 6.07) is 49.3. The van der Waals surface area contributed by atoms with Crippen LogP contribution in [0.1, 0.15) is 64.4 Å². The number of piperidine rings is 2. The van der Waals surface area contributed by atoms with Crippen molar-refractivity contribution in [1.82, 2.24) is 19.6 Å². The number of likely N-dealkylation sites (N-methyl/N-ethyl adjacent to an activating group) is 2. The van der Waals surface area contributed by atoms with E-state index in [9.17, 15) is 28.8 Å². The molecule has 2 aliphatic rings. The Kier molecular flexibility index (Phi) is 18.1. The molecule has 2 amide bonds. The second-order valence-corrected chi connectivity index (χ2v) is 19.7. The van der Waals surface area contributed by atoms with Gasteiger partial charge in [-0.2, -0.15) is 0 Å². The van der Waals surface area contributed by atoms with Gasteiger partial charge in [0.25, 0.3) is 0 Å². The SMILES string of the molecule is CN(C)C(=O)CN1CC(C(=O)c2ccccc2)C(c2cc(Cl)cc(Cl)c2)C(C(=O)c2ccccc2)C1.COc1cccc(C2C(C(=O)c3ccccc3)CN(CC(=O)N(C)C)CC2C(=O)c2ccccc2)c1. The molecule has 2 saturated heterocycles. The van der Waals surface area contributed by atoms with Gasteiger partial charge in [-0.3, -0.25) is 38.6 Å². The summed E-state index contributed by atoms with van der Waals surface area (Å²) in [4.78, 5) is 87.9. The summed E-state index contributed by atoms with van der Waals surface area (Å²) in [6.07, 6.45) is 0. The van der Waals surface area contributed by atoms with E-state index in [4.69, 9.17) is 27.9 Å². The van der Waals surface area contributed by atoms with Crippen LogP contribution in [0.3, 0.4) is 0 Å². The molecule has 372 valence electrons. The van der Waals surface area contributed by atoms with Gasteiger partial charge in [0.05, 0.1) is 20.2 Å². The Morgan fingerprint density at radius 2 is 0.764 bits per heavy atom. The Bertz CT molecular complexity index is 2710. The van der Waals surface area contributed by atoms with Gasteiger partial charge in [-0.15, -0.1) is 0 Å². The Morgan fingerprint density at radius 3 is 1.07 bits per heavy atom. The predicted octanol–water partition coefficient (Wildman–Crippen LogP) is 9.66. The highest BCUT2D eigenvalue weighted by Gasteiger charge is 2.47. The van der Waals surface area contributed by atoms with E-state index in [0.717, 1.165) is 11.1 Å². The van der Waals surface area contributed by atoms with Crippen molar-refractivity contribution >= 4 is 58.1 Å². The quantitative estimate of drug-likeness (QED) is 0.0926. The average molecular weight is 1010 g/mol. The van der Waals surface area contributed by atoms with Crippen LogP contribution in [0.25, 0.3) is 0 Å². The number of ketones is 4. The smallest absolute Gasteiger partial charge is 0.236 e. The first-order valence-corrected chi connectivity index (χ1v) is 24.7. The van der Waals surface area contributed by atoms with Gasteiger partial charge in [-0.1, -0.05) is 157 Å². The normalized spacial score (nSPS) is 20.0. The molecule has 0 saturated carbocycles. The number of nitrogens with zero attached hydrogens (tertiary/aromatic N) is 4. The number of carbonyl (C=O) groups excluding carboxylic acids is 6. The zero-order valence-electron chi connectivity index (χ0n) is 41.2. The van der Waals surface area contributed by atoms with E-state index >= 15 is 0 Å². The minimum atomic E-state index is -0.580. The largest absolute Gasteiger partial charge is 0.497 e. The van der Waals surface area contributed by atoms with Crippen LogP contribution in [0.4, 0.5) is 0 Å². The minimum Gasteiger partial charge on any atom is -0.497 e. The molecular formula is C59H60Cl2N4O7. The maximum absolute atomic E-state index is 13.9. The maximum Gasteiger partial charge on any atom is 0.236 e. The Hall–Kier alpha value is -6.76. The molecule has 0 bridgehead atoms. The van der Waals surface area contributed by atoms with Crippen molar-refractivity contribution in [3.63, 3.8) is 0 Å². The van der Waals surface area contributed by atoms with E-state index in [0.29, 0.717) is 64.2 Å². The lowest BCUT2D eigenvalue weighted by atomic mass is 9.68. The molecule has 2 aliphatic heterocycles. The van der Waals surface area contributed by atoms with Crippen molar-refractivity contribution in [1.29, 1.82) is 0 Å². The van der Waals surface area contributed by atoms with Crippen LogP contribution in [0.5, 0.6) is 5.75 Å². The first-order chi connectivity index (χ1) is 34.6. The Balaban J connectivity index is 0.000000211. The zero-order valence-corrected chi connectivity index (χ0v) is 42.7. The number of halogens is 2. The van der Waals surface area contributed by atoms with Crippen LogP contribution in [0, 0.1) is 23.7 Å². The first-order valence-electron chi connectivity index (χ1n) is 24.0. The number of carbonyl (C=O) groups is 6. The fourth-order valence-electron chi connectivity index (χ4n) is 10.00. The highest BCUT2D eigenvalue weighted by molar-refractivity contribution is 6.34. The van der Waals surface area contributed by atoms with Crippen molar-refractivity contribution in [3.8, 4) is 5.75 Å². The third-order valence-corrected chi connectivity index (χ3v) is 14.0. The highest BCUT2D eigenvalue weighted by Crippen LogP contribution is 2.44. The maximum atomic E-state index is 13.9. The average Bonchev–Trinajstić information content (AvgIpc) is 3.40. The van der Waals surface area contributed by atoms with Crippen LogP contribution in [0.15, 0.2) is 164 Å². The van der Waals surface area contributed by atoms with E-state index in [1.807, 2.05) is 131 Å². The van der Waals surface area contributed by atoms with Crippen molar-refractivity contribution < 1.29 is 33.5 Å². The summed E-state index contributed by atoms with van der Waals surface area (Å²) in [7, 11) is 8.42. The zero-order chi connectivity index (χ0) is 51.5. The molecule has 8 rings (SSSR count). The number of hydrogen-bond acceptors (Lipinski definition) is 9. The van der Waals surface area contributed by atoms with E-state index in [-0.39, 0.29) is 54.0 Å². The van der Waals surface area contributed by atoms with Crippen LogP contribution in [0.2, 0.25) is 10.0 Å². The van der Waals surface area contributed by atoms with Crippen molar-refractivity contribution in [2.75, 3.05) is 74.6 Å². The van der Waals surface area contributed by atoms with Gasteiger partial charge in [-0.25, -0.2) is 0 Å². The van der Waals surface area contributed by atoms with Crippen molar-refractivity contribution in [2.45, 2.75) is 11.8 Å². The van der Waals surface area contributed by atoms with Crippen LogP contribution in [-0.2, 0) is 9.59 Å². The summed E-state index contributed by atoms with van der Waals surface area (Å²) in [5.41, 5.74) is 3.95. The van der Waals surface area contributed by atoms with Gasteiger partial charge in [0.1, 0.15) is 5.75 Å². The molecule has 0 aliphatic carbocycles. The Labute approximate surface area is 432 Å². The van der Waals surface area contributed by atoms with Crippen molar-refractivity contribution in [3.05, 3.63) is 207 Å². The molecule has 0 spiro atoms. The number of ether oxygens (including phenoxy) is 1. The number of methoxy groups -OCH3 is 1. The van der Waals surface area contributed by atoms with E-state index in [2.05, 4.69) is 0 Å². The van der Waals surface area contributed by atoms with E-state index in [1.165, 1.54) is 9.80 Å². The van der Waals surface area contributed by atoms with Gasteiger partial charge in [0, 0.05) is 122 Å². The molecule has 11 nitrogen and oxygen atoms in total. The molecular weight excluding hydrogens is 948 g/mol. The summed E-state index contributed by atoms with van der Waals surface area (Å²) in [5, 5.41) is 0.888. The fraction of sp³-hybridized carbons (Fsp3) is 0.288. The summed E-state index contributed by atoms with van der Waals surface area (Å²) >= 11 is 12.8. The standard InChI is InChI=1S/C30H32N2O4.C29H28Cl2N2O3/c1-31(2)27(33)20-32-18-25(29(34)21-11-6-4-7-12-21)28(23-15-10-16-24(17-23)36-3)26(19-32)30(35)22-13-8-5-9-14-22;1-32(2)26(34)18-33-16-24(28(35)19-9-5-3-6-10-19)27(21-13-22(30)15-23(31)14-21)25(17-33)29(36)20-11-7-4-8-12-20/h4-17,25-26,28H,18-20H2,1-3H3;3-15,24-25,27H,16-18H2,1-2H3. The molecule has 4 atom stereocenters. The fourth-order valence-corrected chi connectivity index (χ4v) is 10.5. The molecule has 13 heteroatoms. The minimum absolute atomic E-state index is 0.0312. The van der Waals surface area contributed by atoms with E-state index in [1.54, 1.807) is 77.8 Å². The number of amides is 2. The number of rotatable bonds is 15. The topological polar surface area (TPSA) is 125 Å². The number of benzene rings is 6. The molecule has 4 unspecified atom stereocenters. The van der Waals surface area contributed by atoms with Gasteiger partial charge in [-0.05, 0) is 41.5 Å². The molecule has 0 N–H and O–H groups in total. The lowest BCUT2D eigenvalue weighted by molar-refractivity contribution is -0.131. The Morgan fingerprint density at radius 1 is 0.444 bits per heavy atom. The van der Waals surface area contributed by atoms with Gasteiger partial charge < -0.3 is 14.5 Å². The molecule has 2 heterocycles. The summed E-state index contributed by atoms with van der Waals surface area (Å²) in [6.45, 7) is 1.70. The summed E-state index contributed by atoms with van der Waals surface area (Å²) in [5.74, 6) is -2.72. The molecule has 6 aromatic rings. The molecule has 72 heavy (non-hydrogen) atoms. The molecule has 0 radical (unpaired) electrons. The van der Waals surface area contributed by atoms with Crippen LogP contribution in [-0.4, -0.2) is 129 Å². The third-order valence-electron chi connectivity index (χ3n) is 13.6. The summed E-state index contributed by atoms with van der Waals surface area (Å²) < 4.78 is 5.48. The third kappa shape index (κ3) is 13.0. The lowest BCUT2D eigenvalue weighted by Gasteiger charge is -2.43. The van der Waals surface area contributed by atoms with Gasteiger partial charge >= 0.3 is 0 Å². The molecule has 0 aromatic heterocycles. The second kappa shape index (κ2) is 24.6. The first kappa shape index (κ1) is 53.0. The van der Waals surface area contributed by atoms with E-state index < -0.39 is 29.6 Å². The predicted molar refractivity (Wildman–Crippen MR) is 282 cm³/mol. The lowest BCUT2D eigenvalue weighted by Crippen LogP contribution is -2.52. The number of Topliss-reactive ketones (excluding diaryl/α,β-unsaturated/α-hetero) is 4. The van der Waals surface area contributed by atoms with Crippen LogP contribution < -0.4 is 4.74 Å². The highest BCUT2D eigenvalue weighted by atomic mass is 35.5. The van der Waals surface area contributed by atoms with Crippen LogP contribution >= 0.6 is 23.2 Å². The number of likely N-dealkylation sites (tertiary alicyclic amines) is 2. The van der Waals surface area contributed by atoms with Gasteiger partial charge in [0.15, 0.2) is 23.1 Å².